The zero-order valence-electron chi connectivity index (χ0n) is 21.3. The van der Waals surface area contributed by atoms with Crippen LogP contribution < -0.4 is 14.5 Å². The van der Waals surface area contributed by atoms with Gasteiger partial charge in [-0.1, -0.05) is 19.1 Å². The van der Waals surface area contributed by atoms with E-state index in [-0.39, 0.29) is 17.1 Å². The Hall–Kier alpha value is -4.26. The van der Waals surface area contributed by atoms with Gasteiger partial charge in [-0.15, -0.1) is 0 Å². The van der Waals surface area contributed by atoms with Crippen LogP contribution in [0.5, 0.6) is 11.5 Å². The van der Waals surface area contributed by atoms with Crippen LogP contribution in [0, 0.1) is 0 Å². The van der Waals surface area contributed by atoms with E-state index in [4.69, 9.17) is 4.74 Å². The van der Waals surface area contributed by atoms with Crippen molar-refractivity contribution in [2.24, 2.45) is 0 Å². The SMILES string of the molecule is CCCOc1ccc(/C(O)=C2\C(=O)C(=O)N(c3ccc(N(CC)CC)cc3)C2c2ccc(O)cc2)cc1. The molecule has 1 atom stereocenters. The minimum atomic E-state index is -0.865. The lowest BCUT2D eigenvalue weighted by Gasteiger charge is -2.27. The van der Waals surface area contributed by atoms with Crippen molar-refractivity contribution in [1.82, 2.24) is 0 Å². The number of aromatic hydroxyl groups is 1. The lowest BCUT2D eigenvalue weighted by molar-refractivity contribution is -0.132. The fourth-order valence-corrected chi connectivity index (χ4v) is 4.57. The van der Waals surface area contributed by atoms with Gasteiger partial charge < -0.3 is 19.8 Å². The summed E-state index contributed by atoms with van der Waals surface area (Å²) in [4.78, 5) is 30.3. The fourth-order valence-electron chi connectivity index (χ4n) is 4.57. The molecule has 7 heteroatoms. The zero-order chi connectivity index (χ0) is 26.5. The van der Waals surface area contributed by atoms with Crippen molar-refractivity contribution in [3.8, 4) is 11.5 Å². The molecule has 0 radical (unpaired) electrons. The van der Waals surface area contributed by atoms with Crippen molar-refractivity contribution < 1.29 is 24.5 Å². The number of hydrogen-bond acceptors (Lipinski definition) is 6. The second kappa shape index (κ2) is 11.2. The molecule has 0 saturated carbocycles. The fraction of sp³-hybridized carbons (Fsp3) is 0.267. The number of aliphatic hydroxyl groups is 1. The molecule has 3 aromatic rings. The van der Waals surface area contributed by atoms with Crippen LogP contribution in [-0.4, -0.2) is 41.6 Å². The van der Waals surface area contributed by atoms with Gasteiger partial charge in [0.25, 0.3) is 11.7 Å². The highest BCUT2D eigenvalue weighted by Gasteiger charge is 2.47. The van der Waals surface area contributed by atoms with Crippen molar-refractivity contribution in [2.75, 3.05) is 29.5 Å². The molecule has 1 fully saturated rings. The molecular formula is C30H32N2O5. The molecule has 37 heavy (non-hydrogen) atoms. The van der Waals surface area contributed by atoms with Crippen molar-refractivity contribution in [3.63, 3.8) is 0 Å². The molecule has 3 aromatic carbocycles. The Bertz CT molecular complexity index is 1280. The van der Waals surface area contributed by atoms with E-state index >= 15 is 0 Å². The van der Waals surface area contributed by atoms with Gasteiger partial charge in [-0.3, -0.25) is 14.5 Å². The molecule has 0 bridgehead atoms. The van der Waals surface area contributed by atoms with Crippen LogP contribution in [0.2, 0.25) is 0 Å². The third kappa shape index (κ3) is 5.16. The number of benzene rings is 3. The van der Waals surface area contributed by atoms with E-state index in [2.05, 4.69) is 18.7 Å². The normalized spacial score (nSPS) is 16.7. The molecular weight excluding hydrogens is 468 g/mol. The number of phenols is 1. The Labute approximate surface area is 217 Å². The van der Waals surface area contributed by atoms with E-state index in [0.717, 1.165) is 25.2 Å². The molecule has 0 aromatic heterocycles. The number of Topliss-reactive ketones (excluding diaryl/α,β-unsaturated/α-hetero) is 1. The Morgan fingerprint density at radius 1 is 0.892 bits per heavy atom. The summed E-state index contributed by atoms with van der Waals surface area (Å²) in [6, 6.07) is 19.7. The highest BCUT2D eigenvalue weighted by atomic mass is 16.5. The first-order valence-corrected chi connectivity index (χ1v) is 12.6. The van der Waals surface area contributed by atoms with Crippen molar-refractivity contribution in [1.29, 1.82) is 0 Å². The second-order valence-electron chi connectivity index (χ2n) is 8.82. The van der Waals surface area contributed by atoms with Crippen LogP contribution in [0.1, 0.15) is 44.4 Å². The lowest BCUT2D eigenvalue weighted by Crippen LogP contribution is -2.29. The van der Waals surface area contributed by atoms with Crippen LogP contribution in [-0.2, 0) is 9.59 Å². The summed E-state index contributed by atoms with van der Waals surface area (Å²) < 4.78 is 5.62. The van der Waals surface area contributed by atoms with Gasteiger partial charge in [0.2, 0.25) is 0 Å². The molecule has 192 valence electrons. The summed E-state index contributed by atoms with van der Waals surface area (Å²) in [7, 11) is 0. The molecule has 7 nitrogen and oxygen atoms in total. The van der Waals surface area contributed by atoms with Gasteiger partial charge in [0.1, 0.15) is 17.3 Å². The molecule has 4 rings (SSSR count). The maximum atomic E-state index is 13.4. The lowest BCUT2D eigenvalue weighted by atomic mass is 9.95. The zero-order valence-corrected chi connectivity index (χ0v) is 21.3. The van der Waals surface area contributed by atoms with Crippen LogP contribution >= 0.6 is 0 Å². The van der Waals surface area contributed by atoms with Gasteiger partial charge in [-0.05, 0) is 86.5 Å². The smallest absolute Gasteiger partial charge is 0.300 e. The number of phenolic OH excluding ortho intramolecular Hbond substituents is 1. The first-order chi connectivity index (χ1) is 17.9. The molecule has 1 aliphatic heterocycles. The summed E-state index contributed by atoms with van der Waals surface area (Å²) in [6.45, 7) is 8.42. The predicted octanol–water partition coefficient (Wildman–Crippen LogP) is 5.65. The number of nitrogens with zero attached hydrogens (tertiary/aromatic N) is 2. The number of ether oxygens (including phenoxy) is 1. The number of anilines is 2. The average Bonchev–Trinajstić information content (AvgIpc) is 3.19. The minimum Gasteiger partial charge on any atom is -0.508 e. The predicted molar refractivity (Wildman–Crippen MR) is 145 cm³/mol. The van der Waals surface area contributed by atoms with Gasteiger partial charge in [0, 0.05) is 30.0 Å². The summed E-state index contributed by atoms with van der Waals surface area (Å²) in [6.07, 6.45) is 0.869. The van der Waals surface area contributed by atoms with Gasteiger partial charge in [0.15, 0.2) is 0 Å². The van der Waals surface area contributed by atoms with Gasteiger partial charge >= 0.3 is 0 Å². The molecule has 1 saturated heterocycles. The van der Waals surface area contributed by atoms with E-state index in [0.29, 0.717) is 29.2 Å². The summed E-state index contributed by atoms with van der Waals surface area (Å²) in [5.74, 6) is -1.04. The van der Waals surface area contributed by atoms with Crippen molar-refractivity contribution in [3.05, 3.63) is 89.5 Å². The number of amides is 1. The largest absolute Gasteiger partial charge is 0.508 e. The van der Waals surface area contributed by atoms with E-state index < -0.39 is 17.7 Å². The number of rotatable bonds is 9. The quantitative estimate of drug-likeness (QED) is 0.224. The second-order valence-corrected chi connectivity index (χ2v) is 8.82. The highest BCUT2D eigenvalue weighted by Crippen LogP contribution is 2.42. The molecule has 0 aliphatic carbocycles. The van der Waals surface area contributed by atoms with Crippen LogP contribution in [0.15, 0.2) is 78.4 Å². The maximum Gasteiger partial charge on any atom is 0.300 e. The van der Waals surface area contributed by atoms with E-state index in [1.54, 1.807) is 36.4 Å². The number of carbonyl (C=O) groups excluding carboxylic acids is 2. The molecule has 0 spiro atoms. The number of aliphatic hydroxyl groups excluding tert-OH is 1. The Balaban J connectivity index is 1.80. The number of hydrogen-bond donors (Lipinski definition) is 2. The topological polar surface area (TPSA) is 90.3 Å². The van der Waals surface area contributed by atoms with Gasteiger partial charge in [-0.25, -0.2) is 0 Å². The highest BCUT2D eigenvalue weighted by molar-refractivity contribution is 6.51. The Morgan fingerprint density at radius 3 is 2.08 bits per heavy atom. The minimum absolute atomic E-state index is 0.00858. The molecule has 1 aliphatic rings. The maximum absolute atomic E-state index is 13.4. The monoisotopic (exact) mass is 500 g/mol. The van der Waals surface area contributed by atoms with Gasteiger partial charge in [-0.2, -0.15) is 0 Å². The molecule has 1 unspecified atom stereocenters. The summed E-state index contributed by atoms with van der Waals surface area (Å²) in [5.41, 5.74) is 2.54. The van der Waals surface area contributed by atoms with Crippen molar-refractivity contribution in [2.45, 2.75) is 33.2 Å². The van der Waals surface area contributed by atoms with Crippen LogP contribution in [0.25, 0.3) is 5.76 Å². The van der Waals surface area contributed by atoms with E-state index in [1.165, 1.54) is 17.0 Å². The first-order valence-electron chi connectivity index (χ1n) is 12.6. The molecule has 2 N–H and O–H groups in total. The van der Waals surface area contributed by atoms with Crippen LogP contribution in [0.3, 0.4) is 0 Å². The Morgan fingerprint density at radius 2 is 1.51 bits per heavy atom. The molecule has 1 heterocycles. The average molecular weight is 501 g/mol. The summed E-state index contributed by atoms with van der Waals surface area (Å²) in [5, 5.41) is 21.1. The van der Waals surface area contributed by atoms with Crippen molar-refractivity contribution >= 4 is 28.8 Å². The van der Waals surface area contributed by atoms with E-state index in [9.17, 15) is 19.8 Å². The third-order valence-corrected chi connectivity index (χ3v) is 6.51. The van der Waals surface area contributed by atoms with E-state index in [1.807, 2.05) is 31.2 Å². The Kier molecular flexibility index (Phi) is 7.82. The molecule has 1 amide bonds. The van der Waals surface area contributed by atoms with Gasteiger partial charge in [0.05, 0.1) is 18.2 Å². The first kappa shape index (κ1) is 25.8. The standard InChI is InChI=1S/C30H32N2O5/c1-4-19-37-25-17-9-21(10-18-25)28(34)26-27(20-7-15-24(33)16-8-20)32(30(36)29(26)35)23-13-11-22(12-14-23)31(5-2)6-3/h7-18,27,33-34H,4-6,19H2,1-3H3/b28-26+. The van der Waals surface area contributed by atoms with Crippen LogP contribution in [0.4, 0.5) is 11.4 Å². The summed E-state index contributed by atoms with van der Waals surface area (Å²) >= 11 is 0. The number of carbonyl (C=O) groups is 2. The number of ketones is 1. The third-order valence-electron chi connectivity index (χ3n) is 6.51.